The monoisotopic (exact) mass is 310 g/mol. The summed E-state index contributed by atoms with van der Waals surface area (Å²) < 4.78 is 28.2. The first-order chi connectivity index (χ1) is 10.1. The van der Waals surface area contributed by atoms with Gasteiger partial charge in [0.1, 0.15) is 17.6 Å². The molecule has 0 amide bonds. The first kappa shape index (κ1) is 14.9. The molecule has 108 valence electrons. The van der Waals surface area contributed by atoms with Crippen molar-refractivity contribution in [1.82, 2.24) is 9.97 Å². The van der Waals surface area contributed by atoms with E-state index in [9.17, 15) is 8.78 Å². The fraction of sp³-hybridized carbons (Fsp3) is 0.154. The Balaban J connectivity index is 1.98. The lowest BCUT2D eigenvalue weighted by molar-refractivity contribution is -0.0500. The van der Waals surface area contributed by atoms with Crippen LogP contribution in [0.5, 0.6) is 5.75 Å². The quantitative estimate of drug-likeness (QED) is 0.918. The van der Waals surface area contributed by atoms with Gasteiger partial charge in [-0.1, -0.05) is 11.6 Å². The van der Waals surface area contributed by atoms with Crippen molar-refractivity contribution in [3.8, 4) is 11.8 Å². The van der Waals surface area contributed by atoms with Crippen LogP contribution in [0.3, 0.4) is 0 Å². The van der Waals surface area contributed by atoms with Crippen molar-refractivity contribution in [3.63, 3.8) is 0 Å². The molecule has 21 heavy (non-hydrogen) atoms. The first-order valence-corrected chi connectivity index (χ1v) is 6.16. The molecule has 0 saturated carbocycles. The largest absolute Gasteiger partial charge is 0.433 e. The fourth-order valence-electron chi connectivity index (χ4n) is 1.49. The molecule has 0 bridgehead atoms. The molecule has 0 aromatic carbocycles. The van der Waals surface area contributed by atoms with Gasteiger partial charge >= 0.3 is 6.61 Å². The lowest BCUT2D eigenvalue weighted by Gasteiger charge is -2.07. The molecule has 0 aliphatic rings. The lowest BCUT2D eigenvalue weighted by Crippen LogP contribution is -2.05. The van der Waals surface area contributed by atoms with Crippen molar-refractivity contribution in [2.24, 2.45) is 0 Å². The van der Waals surface area contributed by atoms with Gasteiger partial charge in [-0.3, -0.25) is 4.98 Å². The summed E-state index contributed by atoms with van der Waals surface area (Å²) in [6.45, 7) is -2.56. The van der Waals surface area contributed by atoms with Crippen LogP contribution in [-0.2, 0) is 6.54 Å². The van der Waals surface area contributed by atoms with Gasteiger partial charge in [0.25, 0.3) is 0 Å². The standard InChI is InChI=1S/C13H9ClF2N4O/c14-10-3-4-12(20-11(10)5-17)19-6-8-1-2-9(7-18-8)21-13(15)16/h1-4,7,13H,6H2,(H,19,20). The maximum Gasteiger partial charge on any atom is 0.387 e. The van der Waals surface area contributed by atoms with E-state index in [0.717, 1.165) is 0 Å². The summed E-state index contributed by atoms with van der Waals surface area (Å²) in [4.78, 5) is 7.97. The molecule has 0 radical (unpaired) electrons. The SMILES string of the molecule is N#Cc1nc(NCc2ccc(OC(F)F)cn2)ccc1Cl. The highest BCUT2D eigenvalue weighted by Crippen LogP contribution is 2.17. The second kappa shape index (κ2) is 6.81. The Labute approximate surface area is 124 Å². The zero-order valence-electron chi connectivity index (χ0n) is 10.6. The maximum atomic E-state index is 12.0. The molecule has 0 aliphatic carbocycles. The summed E-state index contributed by atoms with van der Waals surface area (Å²) in [7, 11) is 0. The van der Waals surface area contributed by atoms with Crippen LogP contribution >= 0.6 is 11.6 Å². The van der Waals surface area contributed by atoms with E-state index in [0.29, 0.717) is 18.1 Å². The van der Waals surface area contributed by atoms with Gasteiger partial charge in [-0.15, -0.1) is 0 Å². The average Bonchev–Trinajstić information content (AvgIpc) is 2.47. The van der Waals surface area contributed by atoms with Gasteiger partial charge in [-0.2, -0.15) is 14.0 Å². The summed E-state index contributed by atoms with van der Waals surface area (Å²) in [5, 5.41) is 12.0. The highest BCUT2D eigenvalue weighted by Gasteiger charge is 2.05. The predicted octanol–water partition coefficient (Wildman–Crippen LogP) is 3.22. The van der Waals surface area contributed by atoms with E-state index in [2.05, 4.69) is 20.0 Å². The number of nitrogens with zero attached hydrogens (tertiary/aromatic N) is 3. The highest BCUT2D eigenvalue weighted by molar-refractivity contribution is 6.31. The first-order valence-electron chi connectivity index (χ1n) is 5.79. The number of hydrogen-bond acceptors (Lipinski definition) is 5. The molecule has 1 N–H and O–H groups in total. The maximum absolute atomic E-state index is 12.0. The van der Waals surface area contributed by atoms with Crippen LogP contribution in [-0.4, -0.2) is 16.6 Å². The summed E-state index contributed by atoms with van der Waals surface area (Å²) >= 11 is 5.77. The Bertz CT molecular complexity index is 658. The molecular weight excluding hydrogens is 302 g/mol. The molecule has 2 rings (SSSR count). The van der Waals surface area contributed by atoms with Crippen LogP contribution in [0, 0.1) is 11.3 Å². The highest BCUT2D eigenvalue weighted by atomic mass is 35.5. The van der Waals surface area contributed by atoms with Crippen molar-refractivity contribution >= 4 is 17.4 Å². The van der Waals surface area contributed by atoms with Gasteiger partial charge in [0.15, 0.2) is 5.69 Å². The van der Waals surface area contributed by atoms with Gasteiger partial charge in [0.05, 0.1) is 23.5 Å². The Kier molecular flexibility index (Phi) is 4.85. The Morgan fingerprint density at radius 2 is 2.14 bits per heavy atom. The zero-order valence-corrected chi connectivity index (χ0v) is 11.3. The molecule has 0 fully saturated rings. The summed E-state index contributed by atoms with van der Waals surface area (Å²) in [6.07, 6.45) is 1.21. The Morgan fingerprint density at radius 1 is 1.33 bits per heavy atom. The Hall–Kier alpha value is -2.46. The van der Waals surface area contributed by atoms with Crippen molar-refractivity contribution in [2.45, 2.75) is 13.2 Å². The number of pyridine rings is 2. The average molecular weight is 311 g/mol. The minimum Gasteiger partial charge on any atom is -0.433 e. The molecule has 0 spiro atoms. The van der Waals surface area contributed by atoms with E-state index in [1.165, 1.54) is 12.3 Å². The van der Waals surface area contributed by atoms with E-state index >= 15 is 0 Å². The number of aromatic nitrogens is 2. The van der Waals surface area contributed by atoms with Gasteiger partial charge in [0.2, 0.25) is 0 Å². The molecule has 0 atom stereocenters. The smallest absolute Gasteiger partial charge is 0.387 e. The molecule has 0 aliphatic heterocycles. The molecule has 5 nitrogen and oxygen atoms in total. The fourth-order valence-corrected chi connectivity index (χ4v) is 1.64. The number of nitrogens with one attached hydrogen (secondary N) is 1. The van der Waals surface area contributed by atoms with E-state index in [-0.39, 0.29) is 16.5 Å². The van der Waals surface area contributed by atoms with Gasteiger partial charge in [0, 0.05) is 0 Å². The van der Waals surface area contributed by atoms with Crippen LogP contribution in [0.1, 0.15) is 11.4 Å². The van der Waals surface area contributed by atoms with Crippen LogP contribution in [0.2, 0.25) is 5.02 Å². The van der Waals surface area contributed by atoms with Crippen molar-refractivity contribution in [3.05, 3.63) is 46.9 Å². The van der Waals surface area contributed by atoms with Crippen molar-refractivity contribution in [1.29, 1.82) is 5.26 Å². The van der Waals surface area contributed by atoms with Crippen LogP contribution < -0.4 is 10.1 Å². The molecule has 2 heterocycles. The van der Waals surface area contributed by atoms with Crippen molar-refractivity contribution < 1.29 is 13.5 Å². The summed E-state index contributed by atoms with van der Waals surface area (Å²) in [5.41, 5.74) is 0.724. The lowest BCUT2D eigenvalue weighted by atomic mass is 10.3. The van der Waals surface area contributed by atoms with E-state index in [1.807, 2.05) is 6.07 Å². The second-order valence-electron chi connectivity index (χ2n) is 3.86. The number of alkyl halides is 2. The molecule has 2 aromatic rings. The van der Waals surface area contributed by atoms with Gasteiger partial charge in [-0.25, -0.2) is 4.98 Å². The third-order valence-corrected chi connectivity index (χ3v) is 2.73. The van der Waals surface area contributed by atoms with Crippen LogP contribution in [0.25, 0.3) is 0 Å². The van der Waals surface area contributed by atoms with E-state index in [1.54, 1.807) is 18.2 Å². The molecular formula is C13H9ClF2N4O. The summed E-state index contributed by atoms with van der Waals surface area (Å²) in [5.74, 6) is 0.454. The minimum atomic E-state index is -2.88. The van der Waals surface area contributed by atoms with Gasteiger partial charge < -0.3 is 10.1 Å². The normalized spacial score (nSPS) is 10.2. The van der Waals surface area contributed by atoms with Crippen LogP contribution in [0.15, 0.2) is 30.5 Å². The molecule has 0 saturated heterocycles. The zero-order chi connectivity index (χ0) is 15.2. The molecule has 2 aromatic heterocycles. The molecule has 0 unspecified atom stereocenters. The number of rotatable bonds is 5. The molecule has 8 heteroatoms. The number of hydrogen-bond donors (Lipinski definition) is 1. The second-order valence-corrected chi connectivity index (χ2v) is 4.26. The third-order valence-electron chi connectivity index (χ3n) is 2.43. The predicted molar refractivity (Wildman–Crippen MR) is 72.2 cm³/mol. The topological polar surface area (TPSA) is 70.8 Å². The third kappa shape index (κ3) is 4.26. The van der Waals surface area contributed by atoms with Crippen LogP contribution in [0.4, 0.5) is 14.6 Å². The van der Waals surface area contributed by atoms with Crippen molar-refractivity contribution in [2.75, 3.05) is 5.32 Å². The van der Waals surface area contributed by atoms with E-state index in [4.69, 9.17) is 16.9 Å². The van der Waals surface area contributed by atoms with Gasteiger partial charge in [-0.05, 0) is 24.3 Å². The number of nitriles is 1. The number of ether oxygens (including phenoxy) is 1. The number of anilines is 1. The van der Waals surface area contributed by atoms with E-state index < -0.39 is 6.61 Å². The minimum absolute atomic E-state index is 0.00913. The number of halogens is 3. The summed E-state index contributed by atoms with van der Waals surface area (Å²) in [6, 6.07) is 8.00. The Morgan fingerprint density at radius 3 is 2.76 bits per heavy atom.